The SMILES string of the molecule is Cc1nc(C#Cc2ccccc2)sc1C(=O)CC1CCCC1. The normalized spacial score (nSPS) is 14.6. The molecule has 0 radical (unpaired) electrons. The summed E-state index contributed by atoms with van der Waals surface area (Å²) in [6, 6.07) is 9.85. The zero-order valence-corrected chi connectivity index (χ0v) is 13.6. The Morgan fingerprint density at radius 3 is 2.68 bits per heavy atom. The molecular formula is C19H19NOS. The van der Waals surface area contributed by atoms with E-state index in [1.54, 1.807) is 0 Å². The summed E-state index contributed by atoms with van der Waals surface area (Å²) < 4.78 is 0. The van der Waals surface area contributed by atoms with E-state index in [9.17, 15) is 4.79 Å². The molecule has 0 saturated heterocycles. The highest BCUT2D eigenvalue weighted by molar-refractivity contribution is 7.14. The van der Waals surface area contributed by atoms with E-state index in [1.165, 1.54) is 37.0 Å². The molecular weight excluding hydrogens is 290 g/mol. The van der Waals surface area contributed by atoms with Crippen LogP contribution in [0.5, 0.6) is 0 Å². The lowest BCUT2D eigenvalue weighted by molar-refractivity contribution is 0.0965. The topological polar surface area (TPSA) is 30.0 Å². The van der Waals surface area contributed by atoms with Gasteiger partial charge in [0.05, 0.1) is 10.6 Å². The number of carbonyl (C=O) groups excluding carboxylic acids is 1. The lowest BCUT2D eigenvalue weighted by Gasteiger charge is -2.06. The van der Waals surface area contributed by atoms with Gasteiger partial charge in [-0.3, -0.25) is 4.79 Å². The number of nitrogens with zero attached hydrogens (tertiary/aromatic N) is 1. The molecule has 1 aliphatic rings. The van der Waals surface area contributed by atoms with E-state index in [-0.39, 0.29) is 5.78 Å². The highest BCUT2D eigenvalue weighted by Gasteiger charge is 2.22. The van der Waals surface area contributed by atoms with Crippen molar-refractivity contribution in [1.82, 2.24) is 4.98 Å². The van der Waals surface area contributed by atoms with E-state index in [0.717, 1.165) is 21.1 Å². The van der Waals surface area contributed by atoms with Crippen LogP contribution in [0, 0.1) is 24.7 Å². The molecule has 0 amide bonds. The van der Waals surface area contributed by atoms with Crippen LogP contribution < -0.4 is 0 Å². The fraction of sp³-hybridized carbons (Fsp3) is 0.368. The van der Waals surface area contributed by atoms with Crippen molar-refractivity contribution in [2.45, 2.75) is 39.0 Å². The minimum absolute atomic E-state index is 0.245. The Morgan fingerprint density at radius 2 is 1.95 bits per heavy atom. The van der Waals surface area contributed by atoms with Crippen molar-refractivity contribution in [3.63, 3.8) is 0 Å². The fourth-order valence-corrected chi connectivity index (χ4v) is 3.79. The summed E-state index contributed by atoms with van der Waals surface area (Å²) >= 11 is 1.44. The van der Waals surface area contributed by atoms with Gasteiger partial charge in [0.15, 0.2) is 10.8 Å². The molecule has 1 fully saturated rings. The van der Waals surface area contributed by atoms with E-state index >= 15 is 0 Å². The van der Waals surface area contributed by atoms with Crippen molar-refractivity contribution in [3.05, 3.63) is 51.5 Å². The van der Waals surface area contributed by atoms with Crippen LogP contribution in [-0.2, 0) is 0 Å². The molecule has 1 saturated carbocycles. The van der Waals surface area contributed by atoms with Crippen LogP contribution >= 0.6 is 11.3 Å². The van der Waals surface area contributed by atoms with Gasteiger partial charge in [0.2, 0.25) is 0 Å². The Morgan fingerprint density at radius 1 is 1.23 bits per heavy atom. The van der Waals surface area contributed by atoms with Gasteiger partial charge < -0.3 is 0 Å². The van der Waals surface area contributed by atoms with Gasteiger partial charge in [0, 0.05) is 12.0 Å². The van der Waals surface area contributed by atoms with Crippen molar-refractivity contribution >= 4 is 17.1 Å². The molecule has 3 rings (SSSR count). The number of hydrogen-bond donors (Lipinski definition) is 0. The third-order valence-electron chi connectivity index (χ3n) is 4.09. The average molecular weight is 309 g/mol. The van der Waals surface area contributed by atoms with Crippen LogP contribution in [0.25, 0.3) is 0 Å². The zero-order valence-electron chi connectivity index (χ0n) is 12.8. The summed E-state index contributed by atoms with van der Waals surface area (Å²) in [7, 11) is 0. The number of thiazole rings is 1. The van der Waals surface area contributed by atoms with Crippen molar-refractivity contribution in [2.75, 3.05) is 0 Å². The van der Waals surface area contributed by atoms with Crippen molar-refractivity contribution in [2.24, 2.45) is 5.92 Å². The van der Waals surface area contributed by atoms with E-state index in [2.05, 4.69) is 16.8 Å². The summed E-state index contributed by atoms with van der Waals surface area (Å²) in [5.74, 6) is 7.00. The third-order valence-corrected chi connectivity index (χ3v) is 5.20. The van der Waals surface area contributed by atoms with Crippen LogP contribution in [0.15, 0.2) is 30.3 Å². The molecule has 22 heavy (non-hydrogen) atoms. The molecule has 0 unspecified atom stereocenters. The van der Waals surface area contributed by atoms with Crippen molar-refractivity contribution in [3.8, 4) is 11.8 Å². The quantitative estimate of drug-likeness (QED) is 0.612. The molecule has 0 atom stereocenters. The highest BCUT2D eigenvalue weighted by Crippen LogP contribution is 2.30. The molecule has 1 aromatic heterocycles. The Labute approximate surface area is 135 Å². The smallest absolute Gasteiger partial charge is 0.175 e. The highest BCUT2D eigenvalue weighted by atomic mass is 32.1. The molecule has 2 nitrogen and oxygen atoms in total. The molecule has 112 valence electrons. The lowest BCUT2D eigenvalue weighted by atomic mass is 10.00. The first kappa shape index (κ1) is 15.0. The van der Waals surface area contributed by atoms with Gasteiger partial charge >= 0.3 is 0 Å². The molecule has 0 spiro atoms. The maximum atomic E-state index is 12.4. The van der Waals surface area contributed by atoms with E-state index in [4.69, 9.17) is 0 Å². The Kier molecular flexibility index (Phi) is 4.70. The standard InChI is InChI=1S/C19H19NOS/c1-14-19(17(21)13-16-9-5-6-10-16)22-18(20-14)12-11-15-7-3-2-4-8-15/h2-4,7-8,16H,5-6,9-10,13H2,1H3. The predicted molar refractivity (Wildman–Crippen MR) is 90.2 cm³/mol. The number of Topliss-reactive ketones (excluding diaryl/α,β-unsaturated/α-hetero) is 1. The summed E-state index contributed by atoms with van der Waals surface area (Å²) in [4.78, 5) is 17.7. The average Bonchev–Trinajstić information content (AvgIpc) is 3.16. The van der Waals surface area contributed by atoms with E-state index in [1.807, 2.05) is 37.3 Å². The minimum Gasteiger partial charge on any atom is -0.293 e. The summed E-state index contributed by atoms with van der Waals surface area (Å²) in [6.07, 6.45) is 5.62. The first-order valence-electron chi connectivity index (χ1n) is 7.80. The number of aromatic nitrogens is 1. The maximum Gasteiger partial charge on any atom is 0.175 e. The second kappa shape index (κ2) is 6.89. The lowest BCUT2D eigenvalue weighted by Crippen LogP contribution is -2.05. The van der Waals surface area contributed by atoms with Gasteiger partial charge in [-0.15, -0.1) is 11.3 Å². The van der Waals surface area contributed by atoms with Crippen LogP contribution in [-0.4, -0.2) is 10.8 Å². The summed E-state index contributed by atoms with van der Waals surface area (Å²) in [5.41, 5.74) is 1.79. The van der Waals surface area contributed by atoms with Gasteiger partial charge in [-0.05, 0) is 30.9 Å². The number of aryl methyl sites for hydroxylation is 1. The molecule has 0 aliphatic heterocycles. The molecule has 0 bridgehead atoms. The van der Waals surface area contributed by atoms with Crippen molar-refractivity contribution < 1.29 is 4.79 Å². The van der Waals surface area contributed by atoms with Crippen LogP contribution in [0.2, 0.25) is 0 Å². The second-order valence-corrected chi connectivity index (χ2v) is 6.83. The van der Waals surface area contributed by atoms with E-state index in [0.29, 0.717) is 12.3 Å². The molecule has 3 heteroatoms. The third kappa shape index (κ3) is 3.64. The van der Waals surface area contributed by atoms with Gasteiger partial charge in [-0.25, -0.2) is 4.98 Å². The number of benzene rings is 1. The first-order chi connectivity index (χ1) is 10.7. The van der Waals surface area contributed by atoms with Crippen LogP contribution in [0.4, 0.5) is 0 Å². The Hall–Kier alpha value is -1.92. The molecule has 0 N–H and O–H groups in total. The molecule has 1 aromatic carbocycles. The van der Waals surface area contributed by atoms with Gasteiger partial charge in [0.25, 0.3) is 0 Å². The molecule has 1 aliphatic carbocycles. The van der Waals surface area contributed by atoms with Gasteiger partial charge in [-0.2, -0.15) is 0 Å². The van der Waals surface area contributed by atoms with Crippen LogP contribution in [0.3, 0.4) is 0 Å². The molecule has 2 aromatic rings. The van der Waals surface area contributed by atoms with E-state index < -0.39 is 0 Å². The Balaban J connectivity index is 1.73. The number of rotatable bonds is 3. The second-order valence-electron chi connectivity index (χ2n) is 5.83. The van der Waals surface area contributed by atoms with Gasteiger partial charge in [-0.1, -0.05) is 49.8 Å². The number of hydrogen-bond acceptors (Lipinski definition) is 3. The monoisotopic (exact) mass is 309 g/mol. The number of ketones is 1. The number of carbonyl (C=O) groups is 1. The minimum atomic E-state index is 0.245. The van der Waals surface area contributed by atoms with Gasteiger partial charge in [0.1, 0.15) is 0 Å². The zero-order chi connectivity index (χ0) is 15.4. The molecule has 1 heterocycles. The van der Waals surface area contributed by atoms with Crippen LogP contribution in [0.1, 0.15) is 58.0 Å². The predicted octanol–water partition coefficient (Wildman–Crippen LogP) is 4.61. The Bertz CT molecular complexity index is 715. The summed E-state index contributed by atoms with van der Waals surface area (Å²) in [5, 5.41) is 0.733. The maximum absolute atomic E-state index is 12.4. The first-order valence-corrected chi connectivity index (χ1v) is 8.62. The largest absolute Gasteiger partial charge is 0.293 e. The fourth-order valence-electron chi connectivity index (χ4n) is 2.93. The van der Waals surface area contributed by atoms with Crippen molar-refractivity contribution in [1.29, 1.82) is 0 Å². The summed E-state index contributed by atoms with van der Waals surface area (Å²) in [6.45, 7) is 1.91.